The zero-order chi connectivity index (χ0) is 23.0. The SMILES string of the molecule is C=C1/C(=C\C=C2/CCC[C@]3(C)[C@@H]([C@H](C)CC[C@H](F)C(C)(C)O)CC[C@@H]23)C[C@H](O)C[C@H]1O. The number of hydrogen-bond donors (Lipinski definition) is 3. The van der Waals surface area contributed by atoms with E-state index in [4.69, 9.17) is 0 Å². The largest absolute Gasteiger partial charge is 0.393 e. The summed E-state index contributed by atoms with van der Waals surface area (Å²) >= 11 is 0. The average molecular weight is 435 g/mol. The standard InChI is InChI=1S/C27H43FO3/c1-17(8-13-25(28)26(3,4)31)22-11-12-23-19(7-6-14-27(22,23)5)9-10-20-15-21(29)16-24(30)18(20)2/h9-10,17,21-25,29-31H,2,6-8,11-16H2,1,3-5H3/b19-9+,20-10-/t17-,21+,22-,23+,24-,25+,27-/m1/s1. The maximum absolute atomic E-state index is 14.3. The van der Waals surface area contributed by atoms with Crippen LogP contribution in [-0.4, -0.2) is 39.3 Å². The molecule has 3 rings (SSSR count). The maximum atomic E-state index is 14.3. The normalized spacial score (nSPS) is 39.0. The van der Waals surface area contributed by atoms with Crippen LogP contribution in [0.3, 0.4) is 0 Å². The molecular weight excluding hydrogens is 391 g/mol. The number of aliphatic hydroxyl groups is 3. The predicted octanol–water partition coefficient (Wildman–Crippen LogP) is 5.65. The van der Waals surface area contributed by atoms with E-state index in [2.05, 4.69) is 32.6 Å². The molecular formula is C27H43FO3. The molecule has 3 fully saturated rings. The first-order chi connectivity index (χ1) is 14.4. The third-order valence-corrected chi connectivity index (χ3v) is 8.63. The van der Waals surface area contributed by atoms with Crippen LogP contribution in [0.2, 0.25) is 0 Å². The minimum atomic E-state index is -1.26. The number of allylic oxidation sites excluding steroid dienone is 3. The van der Waals surface area contributed by atoms with Gasteiger partial charge in [0.15, 0.2) is 0 Å². The van der Waals surface area contributed by atoms with Crippen LogP contribution < -0.4 is 0 Å². The number of fused-ring (bicyclic) bond motifs is 1. The summed E-state index contributed by atoms with van der Waals surface area (Å²) in [6.45, 7) is 11.8. The van der Waals surface area contributed by atoms with Crippen molar-refractivity contribution in [2.24, 2.45) is 23.2 Å². The van der Waals surface area contributed by atoms with E-state index in [1.54, 1.807) is 13.8 Å². The molecule has 0 radical (unpaired) electrons. The summed E-state index contributed by atoms with van der Waals surface area (Å²) < 4.78 is 14.3. The van der Waals surface area contributed by atoms with Crippen molar-refractivity contribution >= 4 is 0 Å². The van der Waals surface area contributed by atoms with Crippen molar-refractivity contribution in [2.45, 2.75) is 109 Å². The fourth-order valence-electron chi connectivity index (χ4n) is 6.64. The van der Waals surface area contributed by atoms with Gasteiger partial charge in [-0.2, -0.15) is 0 Å². The van der Waals surface area contributed by atoms with Gasteiger partial charge in [0, 0.05) is 6.42 Å². The van der Waals surface area contributed by atoms with Crippen LogP contribution in [0, 0.1) is 23.2 Å². The van der Waals surface area contributed by atoms with Gasteiger partial charge in [-0.05, 0) is 99.5 Å². The minimum Gasteiger partial charge on any atom is -0.393 e. The highest BCUT2D eigenvalue weighted by atomic mass is 19.1. The molecule has 0 unspecified atom stereocenters. The molecule has 3 saturated carbocycles. The van der Waals surface area contributed by atoms with Crippen molar-refractivity contribution < 1.29 is 19.7 Å². The Morgan fingerprint density at radius 2 is 1.94 bits per heavy atom. The van der Waals surface area contributed by atoms with E-state index >= 15 is 0 Å². The molecule has 0 spiro atoms. The zero-order valence-corrected chi connectivity index (χ0v) is 19.9. The van der Waals surface area contributed by atoms with Crippen molar-refractivity contribution in [3.05, 3.63) is 35.5 Å². The first kappa shape index (κ1) is 24.7. The second-order valence-electron chi connectivity index (χ2n) is 11.3. The summed E-state index contributed by atoms with van der Waals surface area (Å²) in [7, 11) is 0. The summed E-state index contributed by atoms with van der Waals surface area (Å²) in [5.74, 6) is 1.57. The molecule has 0 bridgehead atoms. The van der Waals surface area contributed by atoms with Crippen LogP contribution in [0.15, 0.2) is 35.5 Å². The number of rotatable bonds is 6. The zero-order valence-electron chi connectivity index (χ0n) is 19.9. The second kappa shape index (κ2) is 9.49. The maximum Gasteiger partial charge on any atom is 0.128 e. The molecule has 0 aromatic carbocycles. The summed E-state index contributed by atoms with van der Waals surface area (Å²) in [6.07, 6.45) is 10.0. The molecule has 0 aromatic heterocycles. The monoisotopic (exact) mass is 434 g/mol. The lowest BCUT2D eigenvalue weighted by molar-refractivity contribution is -0.0119. The fourth-order valence-corrected chi connectivity index (χ4v) is 6.64. The van der Waals surface area contributed by atoms with Gasteiger partial charge >= 0.3 is 0 Å². The molecule has 0 heterocycles. The highest BCUT2D eigenvalue weighted by Gasteiger charge is 2.50. The van der Waals surface area contributed by atoms with E-state index in [-0.39, 0.29) is 5.41 Å². The smallest absolute Gasteiger partial charge is 0.128 e. The first-order valence-electron chi connectivity index (χ1n) is 12.2. The highest BCUT2D eigenvalue weighted by molar-refractivity contribution is 5.38. The minimum absolute atomic E-state index is 0.241. The van der Waals surface area contributed by atoms with Crippen LogP contribution in [0.25, 0.3) is 0 Å². The van der Waals surface area contributed by atoms with Gasteiger partial charge in [0.25, 0.3) is 0 Å². The molecule has 0 amide bonds. The summed E-state index contributed by atoms with van der Waals surface area (Å²) in [5.41, 5.74) is 2.17. The van der Waals surface area contributed by atoms with Crippen LogP contribution >= 0.6 is 0 Å². The number of halogens is 1. The van der Waals surface area contributed by atoms with Gasteiger partial charge in [0.2, 0.25) is 0 Å². The van der Waals surface area contributed by atoms with Crippen molar-refractivity contribution in [1.82, 2.24) is 0 Å². The molecule has 3 nitrogen and oxygen atoms in total. The molecule has 31 heavy (non-hydrogen) atoms. The van der Waals surface area contributed by atoms with Gasteiger partial charge in [0.05, 0.1) is 17.8 Å². The Morgan fingerprint density at radius 1 is 1.23 bits per heavy atom. The predicted molar refractivity (Wildman–Crippen MR) is 124 cm³/mol. The van der Waals surface area contributed by atoms with E-state index in [0.717, 1.165) is 24.0 Å². The van der Waals surface area contributed by atoms with Crippen molar-refractivity contribution in [1.29, 1.82) is 0 Å². The van der Waals surface area contributed by atoms with Crippen LogP contribution in [0.4, 0.5) is 4.39 Å². The van der Waals surface area contributed by atoms with E-state index < -0.39 is 24.0 Å². The van der Waals surface area contributed by atoms with Crippen molar-refractivity contribution in [3.63, 3.8) is 0 Å². The topological polar surface area (TPSA) is 60.7 Å². The van der Waals surface area contributed by atoms with E-state index in [0.29, 0.717) is 37.0 Å². The summed E-state index contributed by atoms with van der Waals surface area (Å²) in [4.78, 5) is 0. The van der Waals surface area contributed by atoms with Gasteiger partial charge in [-0.15, -0.1) is 0 Å². The highest BCUT2D eigenvalue weighted by Crippen LogP contribution is 2.60. The molecule has 176 valence electrons. The number of hydrogen-bond acceptors (Lipinski definition) is 3. The first-order valence-corrected chi connectivity index (χ1v) is 12.2. The van der Waals surface area contributed by atoms with E-state index in [1.165, 1.54) is 31.3 Å². The average Bonchev–Trinajstić information content (AvgIpc) is 3.04. The molecule has 4 heteroatoms. The lowest BCUT2D eigenvalue weighted by Gasteiger charge is -2.44. The fraction of sp³-hybridized carbons (Fsp3) is 0.778. The third kappa shape index (κ3) is 5.34. The van der Waals surface area contributed by atoms with Gasteiger partial charge in [-0.25, -0.2) is 4.39 Å². The Kier molecular flexibility index (Phi) is 7.55. The molecule has 3 aliphatic rings. The number of aliphatic hydroxyl groups excluding tert-OH is 2. The third-order valence-electron chi connectivity index (χ3n) is 8.63. The molecule has 3 aliphatic carbocycles. The van der Waals surface area contributed by atoms with Crippen LogP contribution in [-0.2, 0) is 0 Å². The van der Waals surface area contributed by atoms with Gasteiger partial charge in [-0.3, -0.25) is 0 Å². The molecule has 0 aromatic rings. The van der Waals surface area contributed by atoms with Gasteiger partial charge < -0.3 is 15.3 Å². The molecule has 0 aliphatic heterocycles. The van der Waals surface area contributed by atoms with E-state index in [9.17, 15) is 19.7 Å². The Labute approximate surface area is 188 Å². The quantitative estimate of drug-likeness (QED) is 0.506. The Balaban J connectivity index is 1.71. The lowest BCUT2D eigenvalue weighted by Crippen LogP contribution is -2.37. The van der Waals surface area contributed by atoms with Crippen LogP contribution in [0.1, 0.15) is 85.5 Å². The second-order valence-corrected chi connectivity index (χ2v) is 11.3. The molecule has 0 saturated heterocycles. The van der Waals surface area contributed by atoms with Gasteiger partial charge in [0.1, 0.15) is 6.17 Å². The molecule has 7 atom stereocenters. The number of alkyl halides is 1. The summed E-state index contributed by atoms with van der Waals surface area (Å²) in [5, 5.41) is 30.1. The van der Waals surface area contributed by atoms with Gasteiger partial charge in [-0.1, -0.05) is 38.2 Å². The van der Waals surface area contributed by atoms with Crippen molar-refractivity contribution in [3.8, 4) is 0 Å². The lowest BCUT2D eigenvalue weighted by atomic mass is 9.60. The van der Waals surface area contributed by atoms with Crippen molar-refractivity contribution in [2.75, 3.05) is 0 Å². The Bertz CT molecular complexity index is 718. The Morgan fingerprint density at radius 3 is 2.61 bits per heavy atom. The summed E-state index contributed by atoms with van der Waals surface area (Å²) in [6, 6.07) is 0. The molecule has 3 N–H and O–H groups in total. The Hall–Kier alpha value is -0.970. The van der Waals surface area contributed by atoms with Crippen LogP contribution in [0.5, 0.6) is 0 Å². The van der Waals surface area contributed by atoms with E-state index in [1.807, 2.05) is 0 Å².